The zero-order valence-electron chi connectivity index (χ0n) is 12.3. The van der Waals surface area contributed by atoms with Crippen LogP contribution in [0.5, 0.6) is 0 Å². The van der Waals surface area contributed by atoms with E-state index in [0.29, 0.717) is 23.8 Å². The smallest absolute Gasteiger partial charge is 0.229 e. The molecule has 2 aromatic rings. The van der Waals surface area contributed by atoms with Gasteiger partial charge in [-0.05, 0) is 24.1 Å². The Morgan fingerprint density at radius 1 is 1.30 bits per heavy atom. The van der Waals surface area contributed by atoms with E-state index >= 15 is 0 Å². The Morgan fingerprint density at radius 3 is 2.70 bits per heavy atom. The Kier molecular flexibility index (Phi) is 4.41. The number of benzene rings is 1. The van der Waals surface area contributed by atoms with Crippen molar-refractivity contribution in [2.24, 2.45) is 5.92 Å². The molecule has 23 heavy (non-hydrogen) atoms. The summed E-state index contributed by atoms with van der Waals surface area (Å²) < 4.78 is 24.6. The third kappa shape index (κ3) is 3.92. The lowest BCUT2D eigenvalue weighted by Crippen LogP contribution is -2.25. The number of hydrogen-bond donors (Lipinski definition) is 1. The van der Waals surface area contributed by atoms with E-state index in [-0.39, 0.29) is 17.4 Å². The fourth-order valence-electron chi connectivity index (χ4n) is 2.56. The zero-order valence-corrected chi connectivity index (χ0v) is 13.8. The Labute approximate surface area is 139 Å². The number of sulfone groups is 1. The van der Waals surface area contributed by atoms with E-state index in [2.05, 4.69) is 10.4 Å². The van der Waals surface area contributed by atoms with Gasteiger partial charge >= 0.3 is 0 Å². The molecule has 6 nitrogen and oxygen atoms in total. The molecule has 1 unspecified atom stereocenters. The molecular weight excluding hydrogens is 338 g/mol. The molecule has 1 atom stereocenters. The van der Waals surface area contributed by atoms with Gasteiger partial charge in [-0.15, -0.1) is 0 Å². The number of carbonyl (C=O) groups is 1. The first-order chi connectivity index (χ1) is 10.9. The molecule has 122 valence electrons. The predicted molar refractivity (Wildman–Crippen MR) is 88.2 cm³/mol. The van der Waals surface area contributed by atoms with Gasteiger partial charge in [0.15, 0.2) is 9.84 Å². The number of halogens is 1. The number of amides is 1. The predicted octanol–water partition coefficient (Wildman–Crippen LogP) is 1.96. The molecule has 8 heteroatoms. The van der Waals surface area contributed by atoms with Crippen LogP contribution in [-0.2, 0) is 21.2 Å². The van der Waals surface area contributed by atoms with Crippen molar-refractivity contribution in [3.05, 3.63) is 47.1 Å². The first-order valence-corrected chi connectivity index (χ1v) is 9.40. The third-order valence-corrected chi connectivity index (χ3v) is 5.84. The molecule has 2 heterocycles. The number of nitrogens with zero attached hydrogens (tertiary/aromatic N) is 2. The van der Waals surface area contributed by atoms with E-state index in [1.165, 1.54) is 0 Å². The largest absolute Gasteiger partial charge is 0.311 e. The van der Waals surface area contributed by atoms with Gasteiger partial charge in [0.1, 0.15) is 5.82 Å². The molecular formula is C15H16ClN3O3S. The minimum absolute atomic E-state index is 0.0785. The average molecular weight is 354 g/mol. The molecule has 0 aliphatic carbocycles. The molecule has 1 amide bonds. The van der Waals surface area contributed by atoms with Crippen LogP contribution >= 0.6 is 11.6 Å². The summed E-state index contributed by atoms with van der Waals surface area (Å²) in [4.78, 5) is 12.2. The van der Waals surface area contributed by atoms with Crippen LogP contribution < -0.4 is 5.32 Å². The van der Waals surface area contributed by atoms with Crippen molar-refractivity contribution in [2.75, 3.05) is 16.8 Å². The van der Waals surface area contributed by atoms with Crippen molar-refractivity contribution >= 4 is 33.2 Å². The normalized spacial score (nSPS) is 19.6. The van der Waals surface area contributed by atoms with Gasteiger partial charge in [-0.3, -0.25) is 4.79 Å². The first kappa shape index (κ1) is 16.0. The van der Waals surface area contributed by atoms with Crippen molar-refractivity contribution < 1.29 is 13.2 Å². The van der Waals surface area contributed by atoms with Gasteiger partial charge in [0.05, 0.1) is 30.2 Å². The second-order valence-electron chi connectivity index (χ2n) is 5.59. The number of carbonyl (C=O) groups excluding carboxylic acids is 1. The Bertz CT molecular complexity index is 815. The van der Waals surface area contributed by atoms with Crippen molar-refractivity contribution in [3.63, 3.8) is 0 Å². The molecule has 1 aliphatic rings. The van der Waals surface area contributed by atoms with Crippen LogP contribution in [0, 0.1) is 5.92 Å². The second kappa shape index (κ2) is 6.33. The fraction of sp³-hybridized carbons (Fsp3) is 0.333. The van der Waals surface area contributed by atoms with Crippen LogP contribution in [0.2, 0.25) is 5.02 Å². The topological polar surface area (TPSA) is 81.1 Å². The molecule has 0 bridgehead atoms. The van der Waals surface area contributed by atoms with Crippen molar-refractivity contribution in [3.8, 4) is 0 Å². The maximum absolute atomic E-state index is 12.2. The summed E-state index contributed by atoms with van der Waals surface area (Å²) in [6.07, 6.45) is 1.97. The maximum atomic E-state index is 12.2. The second-order valence-corrected chi connectivity index (χ2v) is 8.25. The molecule has 1 fully saturated rings. The minimum Gasteiger partial charge on any atom is -0.311 e. The summed E-state index contributed by atoms with van der Waals surface area (Å²) >= 11 is 5.86. The van der Waals surface area contributed by atoms with Gasteiger partial charge in [0.2, 0.25) is 5.91 Å². The molecule has 1 saturated heterocycles. The van der Waals surface area contributed by atoms with Crippen LogP contribution in [0.3, 0.4) is 0 Å². The molecule has 0 saturated carbocycles. The van der Waals surface area contributed by atoms with E-state index in [4.69, 9.17) is 11.6 Å². The summed E-state index contributed by atoms with van der Waals surface area (Å²) in [5.41, 5.74) is 0.997. The number of nitrogens with one attached hydrogen (secondary N) is 1. The number of rotatable bonds is 4. The number of hydrogen-bond acceptors (Lipinski definition) is 4. The van der Waals surface area contributed by atoms with E-state index in [9.17, 15) is 13.2 Å². The van der Waals surface area contributed by atoms with Crippen LogP contribution in [0.15, 0.2) is 36.5 Å². The summed E-state index contributed by atoms with van der Waals surface area (Å²) in [7, 11) is -3.08. The highest BCUT2D eigenvalue weighted by Crippen LogP contribution is 2.21. The van der Waals surface area contributed by atoms with Gasteiger partial charge in [-0.2, -0.15) is 5.10 Å². The molecule has 1 aromatic carbocycles. The molecule has 0 spiro atoms. The third-order valence-electron chi connectivity index (χ3n) is 3.82. The Morgan fingerprint density at radius 2 is 2.04 bits per heavy atom. The van der Waals surface area contributed by atoms with Crippen LogP contribution in [-0.4, -0.2) is 35.6 Å². The highest BCUT2D eigenvalue weighted by Gasteiger charge is 2.33. The molecule has 3 rings (SSSR count). The van der Waals surface area contributed by atoms with Gasteiger partial charge in [0.25, 0.3) is 0 Å². The highest BCUT2D eigenvalue weighted by molar-refractivity contribution is 7.91. The molecule has 0 radical (unpaired) electrons. The van der Waals surface area contributed by atoms with E-state index in [0.717, 1.165) is 5.56 Å². The Hall–Kier alpha value is -1.86. The van der Waals surface area contributed by atoms with E-state index in [1.807, 2.05) is 12.1 Å². The lowest BCUT2D eigenvalue weighted by Gasteiger charge is -2.12. The highest BCUT2D eigenvalue weighted by atomic mass is 35.5. The SMILES string of the molecule is O=C(Nc1ccnn1Cc1ccc(Cl)cc1)C1CCS(=O)(=O)C1. The van der Waals surface area contributed by atoms with E-state index < -0.39 is 15.8 Å². The molecule has 1 aliphatic heterocycles. The zero-order chi connectivity index (χ0) is 16.4. The maximum Gasteiger partial charge on any atom is 0.229 e. The standard InChI is InChI=1S/C15H16ClN3O3S/c16-13-3-1-11(2-4-13)9-19-14(5-7-17-19)18-15(20)12-6-8-23(21,22)10-12/h1-5,7,12H,6,8-10H2,(H,18,20). The summed E-state index contributed by atoms with van der Waals surface area (Å²) in [6, 6.07) is 9.06. The number of anilines is 1. The van der Waals surface area contributed by atoms with Crippen LogP contribution in [0.4, 0.5) is 5.82 Å². The lowest BCUT2D eigenvalue weighted by molar-refractivity contribution is -0.119. The van der Waals surface area contributed by atoms with E-state index in [1.54, 1.807) is 29.1 Å². The van der Waals surface area contributed by atoms with Gasteiger partial charge in [0, 0.05) is 11.1 Å². The van der Waals surface area contributed by atoms with Gasteiger partial charge in [-0.1, -0.05) is 23.7 Å². The quantitative estimate of drug-likeness (QED) is 0.911. The number of aromatic nitrogens is 2. The summed E-state index contributed by atoms with van der Waals surface area (Å²) in [5, 5.41) is 7.62. The Balaban J connectivity index is 1.69. The average Bonchev–Trinajstić information content (AvgIpc) is 3.08. The van der Waals surface area contributed by atoms with Crippen molar-refractivity contribution in [1.29, 1.82) is 0 Å². The van der Waals surface area contributed by atoms with Crippen LogP contribution in [0.1, 0.15) is 12.0 Å². The van der Waals surface area contributed by atoms with Crippen molar-refractivity contribution in [2.45, 2.75) is 13.0 Å². The first-order valence-electron chi connectivity index (χ1n) is 7.20. The lowest BCUT2D eigenvalue weighted by atomic mass is 10.1. The molecule has 1 N–H and O–H groups in total. The minimum atomic E-state index is -3.08. The van der Waals surface area contributed by atoms with Gasteiger partial charge < -0.3 is 5.32 Å². The van der Waals surface area contributed by atoms with Crippen molar-refractivity contribution in [1.82, 2.24) is 9.78 Å². The fourth-order valence-corrected chi connectivity index (χ4v) is 4.43. The molecule has 1 aromatic heterocycles. The van der Waals surface area contributed by atoms with Gasteiger partial charge in [-0.25, -0.2) is 13.1 Å². The summed E-state index contributed by atoms with van der Waals surface area (Å²) in [6.45, 7) is 0.489. The van der Waals surface area contributed by atoms with Crippen LogP contribution in [0.25, 0.3) is 0 Å². The monoisotopic (exact) mass is 353 g/mol. The summed E-state index contributed by atoms with van der Waals surface area (Å²) in [5.74, 6) is -0.212.